The summed E-state index contributed by atoms with van der Waals surface area (Å²) >= 11 is 6.54. The third-order valence-corrected chi connectivity index (χ3v) is 7.91. The maximum absolute atomic E-state index is 14.6. The molecular formula is C22H23ClF4N2O2S2. The standard InChI is InChI=1S/C22H23ClF4N2O2S2/c1-14-11-17(24)18(12-19(14)32-13-22(25,26)27)28-7-9-29(10-8-28)21(30)20(33(2)31)15-3-5-16(23)6-4-15/h3-6,11-12,20H,7-10,13H2,1-2H3. The first-order valence-electron chi connectivity index (χ1n) is 10.1. The van der Waals surface area contributed by atoms with Crippen molar-refractivity contribution in [3.63, 3.8) is 0 Å². The second-order valence-corrected chi connectivity index (χ2v) is 10.6. The smallest absolute Gasteiger partial charge is 0.366 e. The van der Waals surface area contributed by atoms with Gasteiger partial charge in [-0.2, -0.15) is 13.2 Å². The maximum Gasteiger partial charge on any atom is 0.398 e. The fraction of sp³-hybridized carbons (Fsp3) is 0.409. The normalized spacial score (nSPS) is 16.6. The summed E-state index contributed by atoms with van der Waals surface area (Å²) in [5.74, 6) is -1.86. The van der Waals surface area contributed by atoms with Crippen molar-refractivity contribution >= 4 is 45.8 Å². The van der Waals surface area contributed by atoms with E-state index in [9.17, 15) is 26.6 Å². The lowest BCUT2D eigenvalue weighted by Crippen LogP contribution is -2.50. The van der Waals surface area contributed by atoms with Gasteiger partial charge in [-0.05, 0) is 42.3 Å². The van der Waals surface area contributed by atoms with Crippen molar-refractivity contribution in [2.24, 2.45) is 0 Å². The Morgan fingerprint density at radius 3 is 2.30 bits per heavy atom. The van der Waals surface area contributed by atoms with Crippen LogP contribution in [0, 0.1) is 12.7 Å². The minimum atomic E-state index is -4.32. The van der Waals surface area contributed by atoms with E-state index < -0.39 is 33.8 Å². The van der Waals surface area contributed by atoms with Gasteiger partial charge in [0, 0.05) is 53.2 Å². The Morgan fingerprint density at radius 1 is 1.15 bits per heavy atom. The number of carbonyl (C=O) groups is 1. The van der Waals surface area contributed by atoms with Gasteiger partial charge in [-0.25, -0.2) is 4.39 Å². The summed E-state index contributed by atoms with van der Waals surface area (Å²) in [6, 6.07) is 9.29. The first kappa shape index (κ1) is 25.8. The molecule has 1 fully saturated rings. The molecule has 2 aromatic rings. The molecule has 0 aliphatic carbocycles. The number of piperazine rings is 1. The van der Waals surface area contributed by atoms with E-state index in [0.29, 0.717) is 45.9 Å². The molecular weight excluding hydrogens is 500 g/mol. The van der Waals surface area contributed by atoms with Crippen LogP contribution in [0.1, 0.15) is 16.4 Å². The number of thioether (sulfide) groups is 1. The largest absolute Gasteiger partial charge is 0.398 e. The van der Waals surface area contributed by atoms with Gasteiger partial charge in [-0.15, -0.1) is 11.8 Å². The minimum absolute atomic E-state index is 0.214. The van der Waals surface area contributed by atoms with E-state index in [-0.39, 0.29) is 24.7 Å². The molecule has 0 bridgehead atoms. The van der Waals surface area contributed by atoms with Crippen LogP contribution in [-0.2, 0) is 15.6 Å². The topological polar surface area (TPSA) is 40.6 Å². The van der Waals surface area contributed by atoms with Crippen molar-refractivity contribution in [3.05, 3.63) is 58.4 Å². The summed E-state index contributed by atoms with van der Waals surface area (Å²) in [5.41, 5.74) is 1.25. The second kappa shape index (κ2) is 10.7. The van der Waals surface area contributed by atoms with Gasteiger partial charge in [0.2, 0.25) is 5.91 Å². The van der Waals surface area contributed by atoms with E-state index >= 15 is 0 Å². The fourth-order valence-electron chi connectivity index (χ4n) is 3.65. The number of halogens is 5. The van der Waals surface area contributed by atoms with Crippen molar-refractivity contribution in [2.45, 2.75) is 23.2 Å². The van der Waals surface area contributed by atoms with Crippen molar-refractivity contribution in [1.82, 2.24) is 4.90 Å². The molecule has 4 nitrogen and oxygen atoms in total. The number of alkyl halides is 3. The molecule has 1 aliphatic heterocycles. The Bertz CT molecular complexity index is 1030. The molecule has 0 aromatic heterocycles. The Labute approximate surface area is 201 Å². The highest BCUT2D eigenvalue weighted by molar-refractivity contribution is 7.99. The van der Waals surface area contributed by atoms with Crippen LogP contribution in [0.5, 0.6) is 0 Å². The third kappa shape index (κ3) is 6.64. The van der Waals surface area contributed by atoms with Gasteiger partial charge < -0.3 is 9.80 Å². The van der Waals surface area contributed by atoms with Crippen molar-refractivity contribution < 1.29 is 26.6 Å². The Balaban J connectivity index is 1.71. The van der Waals surface area contributed by atoms with E-state index in [1.165, 1.54) is 18.4 Å². The lowest BCUT2D eigenvalue weighted by molar-refractivity contribution is -0.131. The number of rotatable bonds is 6. The van der Waals surface area contributed by atoms with Crippen LogP contribution in [0.4, 0.5) is 23.2 Å². The summed E-state index contributed by atoms with van der Waals surface area (Å²) < 4.78 is 64.8. The monoisotopic (exact) mass is 522 g/mol. The number of nitrogens with zero attached hydrogens (tertiary/aromatic N) is 2. The third-order valence-electron chi connectivity index (χ3n) is 5.30. The molecule has 2 atom stereocenters. The molecule has 0 spiro atoms. The van der Waals surface area contributed by atoms with Gasteiger partial charge in [0.25, 0.3) is 0 Å². The Morgan fingerprint density at radius 2 is 1.76 bits per heavy atom. The van der Waals surface area contributed by atoms with Gasteiger partial charge in [0.15, 0.2) is 0 Å². The highest BCUT2D eigenvalue weighted by atomic mass is 35.5. The Hall–Kier alpha value is -1.78. The first-order valence-corrected chi connectivity index (χ1v) is 13.1. The number of hydrogen-bond acceptors (Lipinski definition) is 4. The molecule has 2 aromatic carbocycles. The molecule has 0 radical (unpaired) electrons. The average Bonchev–Trinajstić information content (AvgIpc) is 2.74. The maximum atomic E-state index is 14.6. The molecule has 33 heavy (non-hydrogen) atoms. The highest BCUT2D eigenvalue weighted by Crippen LogP contribution is 2.34. The first-order chi connectivity index (χ1) is 15.5. The summed E-state index contributed by atoms with van der Waals surface area (Å²) in [6.45, 7) is 2.73. The van der Waals surface area contributed by atoms with Crippen LogP contribution in [0.2, 0.25) is 5.02 Å². The van der Waals surface area contributed by atoms with Crippen molar-refractivity contribution in [3.8, 4) is 0 Å². The zero-order valence-electron chi connectivity index (χ0n) is 18.0. The fourth-order valence-corrected chi connectivity index (χ4v) is 5.55. The van der Waals surface area contributed by atoms with E-state index in [2.05, 4.69) is 0 Å². The number of hydrogen-bond donors (Lipinski definition) is 0. The highest BCUT2D eigenvalue weighted by Gasteiger charge is 2.32. The molecule has 1 heterocycles. The van der Waals surface area contributed by atoms with E-state index in [0.717, 1.165) is 0 Å². The zero-order valence-corrected chi connectivity index (χ0v) is 20.4. The van der Waals surface area contributed by atoms with Crippen LogP contribution < -0.4 is 4.90 Å². The summed E-state index contributed by atoms with van der Waals surface area (Å²) in [5, 5.41) is -0.330. The zero-order chi connectivity index (χ0) is 24.3. The van der Waals surface area contributed by atoms with E-state index in [1.807, 2.05) is 0 Å². The molecule has 0 N–H and O–H groups in total. The lowest BCUT2D eigenvalue weighted by atomic mass is 10.1. The van der Waals surface area contributed by atoms with Gasteiger partial charge >= 0.3 is 6.18 Å². The number of carbonyl (C=O) groups excluding carboxylic acids is 1. The van der Waals surface area contributed by atoms with E-state index in [1.54, 1.807) is 41.0 Å². The Kier molecular flexibility index (Phi) is 8.34. The van der Waals surface area contributed by atoms with Crippen LogP contribution in [-0.4, -0.2) is 59.4 Å². The molecule has 2 unspecified atom stereocenters. The average molecular weight is 523 g/mol. The molecule has 180 valence electrons. The molecule has 1 aliphatic rings. The number of anilines is 1. The van der Waals surface area contributed by atoms with Crippen LogP contribution >= 0.6 is 23.4 Å². The number of amides is 1. The predicted octanol–water partition coefficient (Wildman–Crippen LogP) is 5.21. The predicted molar refractivity (Wildman–Crippen MR) is 125 cm³/mol. The second-order valence-electron chi connectivity index (χ2n) is 7.72. The summed E-state index contributed by atoms with van der Waals surface area (Å²) in [4.78, 5) is 16.8. The summed E-state index contributed by atoms with van der Waals surface area (Å²) in [7, 11) is -1.46. The van der Waals surface area contributed by atoms with Crippen LogP contribution in [0.3, 0.4) is 0 Å². The molecule has 11 heteroatoms. The number of benzene rings is 2. The van der Waals surface area contributed by atoms with Crippen LogP contribution in [0.15, 0.2) is 41.3 Å². The van der Waals surface area contributed by atoms with Crippen molar-refractivity contribution in [2.75, 3.05) is 43.1 Å². The molecule has 1 amide bonds. The van der Waals surface area contributed by atoms with Gasteiger partial charge in [-0.1, -0.05) is 23.7 Å². The molecule has 0 saturated carbocycles. The van der Waals surface area contributed by atoms with Crippen molar-refractivity contribution in [1.29, 1.82) is 0 Å². The van der Waals surface area contributed by atoms with Crippen LogP contribution in [0.25, 0.3) is 0 Å². The van der Waals surface area contributed by atoms with Gasteiger partial charge in [-0.3, -0.25) is 9.00 Å². The molecule has 1 saturated heterocycles. The minimum Gasteiger partial charge on any atom is -0.366 e. The summed E-state index contributed by atoms with van der Waals surface area (Å²) in [6.07, 6.45) is -2.85. The molecule has 3 rings (SSSR count). The van der Waals surface area contributed by atoms with E-state index in [4.69, 9.17) is 11.6 Å². The van der Waals surface area contributed by atoms with Gasteiger partial charge in [0.05, 0.1) is 11.4 Å². The quantitative estimate of drug-likeness (QED) is 0.386. The number of aryl methyl sites for hydroxylation is 1. The SMILES string of the molecule is Cc1cc(F)c(N2CCN(C(=O)C(c3ccc(Cl)cc3)S(C)=O)CC2)cc1SCC(F)(F)F. The van der Waals surface area contributed by atoms with Gasteiger partial charge in [0.1, 0.15) is 11.1 Å². The lowest BCUT2D eigenvalue weighted by Gasteiger charge is -2.37.